The van der Waals surface area contributed by atoms with E-state index in [9.17, 15) is 9.59 Å². The summed E-state index contributed by atoms with van der Waals surface area (Å²) in [5.74, 6) is -0.618. The van der Waals surface area contributed by atoms with E-state index >= 15 is 0 Å². The zero-order valence-corrected chi connectivity index (χ0v) is 12.7. The van der Waals surface area contributed by atoms with Crippen LogP contribution in [-0.2, 0) is 22.4 Å². The first-order chi connectivity index (χ1) is 9.70. The summed E-state index contributed by atoms with van der Waals surface area (Å²) < 4.78 is 5.06. The number of nitrogens with one attached hydrogen (secondary N) is 1. The van der Waals surface area contributed by atoms with Crippen molar-refractivity contribution in [3.8, 4) is 0 Å². The summed E-state index contributed by atoms with van der Waals surface area (Å²) in [7, 11) is 0. The van der Waals surface area contributed by atoms with Crippen LogP contribution in [-0.4, -0.2) is 25.0 Å². The molecule has 0 fully saturated rings. The Morgan fingerprint density at radius 3 is 2.90 bits per heavy atom. The quantitative estimate of drug-likeness (QED) is 0.671. The molecule has 1 aliphatic carbocycles. The van der Waals surface area contributed by atoms with Crippen LogP contribution in [0.15, 0.2) is 6.07 Å². The zero-order valence-electron chi connectivity index (χ0n) is 11.9. The Labute approximate surface area is 123 Å². The predicted molar refractivity (Wildman–Crippen MR) is 79.2 cm³/mol. The van der Waals surface area contributed by atoms with Crippen molar-refractivity contribution >= 4 is 23.2 Å². The molecule has 0 aliphatic heterocycles. The van der Waals surface area contributed by atoms with Crippen molar-refractivity contribution in [2.75, 3.05) is 13.2 Å². The van der Waals surface area contributed by atoms with Gasteiger partial charge in [-0.3, -0.25) is 4.79 Å². The van der Waals surface area contributed by atoms with Crippen LogP contribution in [0.25, 0.3) is 0 Å². The topological polar surface area (TPSA) is 55.4 Å². The van der Waals surface area contributed by atoms with Crippen LogP contribution in [0.1, 0.15) is 52.7 Å². The molecule has 5 heteroatoms. The molecule has 1 N–H and O–H groups in total. The lowest BCUT2D eigenvalue weighted by atomic mass is 10.1. The number of carbonyl (C=O) groups excluding carboxylic acids is 2. The molecule has 1 aromatic heterocycles. The fraction of sp³-hybridized carbons (Fsp3) is 0.600. The van der Waals surface area contributed by atoms with Gasteiger partial charge in [0.2, 0.25) is 0 Å². The van der Waals surface area contributed by atoms with Crippen LogP contribution in [0.4, 0.5) is 0 Å². The predicted octanol–water partition coefficient (Wildman–Crippen LogP) is 2.70. The maximum atomic E-state index is 11.9. The highest BCUT2D eigenvalue weighted by Crippen LogP contribution is 2.29. The molecule has 1 heterocycles. The van der Waals surface area contributed by atoms with E-state index in [0.717, 1.165) is 19.3 Å². The molecule has 4 nitrogen and oxygen atoms in total. The number of amides is 1. The Hall–Kier alpha value is -1.36. The Kier molecular flexibility index (Phi) is 5.59. The summed E-state index contributed by atoms with van der Waals surface area (Å²) in [5.41, 5.74) is 1.29. The molecule has 0 radical (unpaired) electrons. The summed E-state index contributed by atoms with van der Waals surface area (Å²) in [5, 5.41) is 2.68. The van der Waals surface area contributed by atoms with E-state index in [1.165, 1.54) is 41.0 Å². The minimum atomic E-state index is -0.380. The number of esters is 1. The smallest absolute Gasteiger partial charge is 0.348 e. The highest BCUT2D eigenvalue weighted by atomic mass is 32.1. The lowest BCUT2D eigenvalue weighted by Gasteiger charge is -2.04. The second kappa shape index (κ2) is 7.43. The van der Waals surface area contributed by atoms with Gasteiger partial charge in [-0.05, 0) is 43.7 Å². The monoisotopic (exact) mass is 295 g/mol. The standard InChI is InChI=1S/C15H21NO3S/c1-2-8-16-14(17)10-19-15(18)13-9-11-6-4-3-5-7-12(11)20-13/h9H,2-8,10H2,1H3,(H,16,17). The Balaban J connectivity index is 1.88. The second-order valence-corrected chi connectivity index (χ2v) is 6.18. The van der Waals surface area contributed by atoms with Gasteiger partial charge < -0.3 is 10.1 Å². The average molecular weight is 295 g/mol. The van der Waals surface area contributed by atoms with Crippen LogP contribution in [0.5, 0.6) is 0 Å². The van der Waals surface area contributed by atoms with E-state index < -0.39 is 0 Å². The molecule has 1 aromatic rings. The van der Waals surface area contributed by atoms with E-state index in [1.807, 2.05) is 13.0 Å². The highest BCUT2D eigenvalue weighted by Gasteiger charge is 2.18. The summed E-state index contributed by atoms with van der Waals surface area (Å²) >= 11 is 1.52. The van der Waals surface area contributed by atoms with Crippen molar-refractivity contribution in [1.82, 2.24) is 5.32 Å². The van der Waals surface area contributed by atoms with Gasteiger partial charge in [-0.2, -0.15) is 0 Å². The SMILES string of the molecule is CCCNC(=O)COC(=O)c1cc2c(s1)CCCCC2. The number of ether oxygens (including phenoxy) is 1. The summed E-state index contributed by atoms with van der Waals surface area (Å²) in [6.07, 6.45) is 6.63. The number of carbonyl (C=O) groups is 2. The number of fused-ring (bicyclic) bond motifs is 1. The van der Waals surface area contributed by atoms with Crippen LogP contribution in [0.2, 0.25) is 0 Å². The molecular formula is C15H21NO3S. The third kappa shape index (κ3) is 4.07. The van der Waals surface area contributed by atoms with Crippen LogP contribution in [0.3, 0.4) is 0 Å². The zero-order chi connectivity index (χ0) is 14.4. The number of hydrogen-bond acceptors (Lipinski definition) is 4. The van der Waals surface area contributed by atoms with Gasteiger partial charge in [0.1, 0.15) is 4.88 Å². The van der Waals surface area contributed by atoms with Crippen molar-refractivity contribution in [2.24, 2.45) is 0 Å². The Morgan fingerprint density at radius 1 is 1.30 bits per heavy atom. The van der Waals surface area contributed by atoms with Gasteiger partial charge in [0.15, 0.2) is 6.61 Å². The highest BCUT2D eigenvalue weighted by molar-refractivity contribution is 7.14. The van der Waals surface area contributed by atoms with Crippen LogP contribution in [0, 0.1) is 0 Å². The molecule has 0 aromatic carbocycles. The molecule has 2 rings (SSSR count). The Morgan fingerprint density at radius 2 is 2.10 bits per heavy atom. The molecule has 0 saturated heterocycles. The first kappa shape index (κ1) is 15.0. The van der Waals surface area contributed by atoms with Crippen molar-refractivity contribution in [2.45, 2.75) is 45.4 Å². The number of hydrogen-bond donors (Lipinski definition) is 1. The van der Waals surface area contributed by atoms with Gasteiger partial charge in [0.25, 0.3) is 5.91 Å². The third-order valence-corrected chi connectivity index (χ3v) is 4.57. The summed E-state index contributed by atoms with van der Waals surface area (Å²) in [6.45, 7) is 2.40. The molecule has 0 bridgehead atoms. The molecule has 0 spiro atoms. The van der Waals surface area contributed by atoms with Gasteiger partial charge in [0.05, 0.1) is 0 Å². The molecule has 1 amide bonds. The van der Waals surface area contributed by atoms with Gasteiger partial charge >= 0.3 is 5.97 Å². The fourth-order valence-corrected chi connectivity index (χ4v) is 3.43. The minimum Gasteiger partial charge on any atom is -0.451 e. The first-order valence-corrected chi connectivity index (χ1v) is 8.07. The molecule has 110 valence electrons. The fourth-order valence-electron chi connectivity index (χ4n) is 2.29. The second-order valence-electron chi connectivity index (χ2n) is 5.05. The van der Waals surface area contributed by atoms with Gasteiger partial charge in [0, 0.05) is 11.4 Å². The van der Waals surface area contributed by atoms with E-state index in [2.05, 4.69) is 5.32 Å². The van der Waals surface area contributed by atoms with Gasteiger partial charge in [-0.25, -0.2) is 4.79 Å². The average Bonchev–Trinajstić information content (AvgIpc) is 2.73. The van der Waals surface area contributed by atoms with E-state index in [1.54, 1.807) is 0 Å². The minimum absolute atomic E-state index is 0.193. The Bertz CT molecular complexity index is 458. The molecule has 0 unspecified atom stereocenters. The molecule has 20 heavy (non-hydrogen) atoms. The van der Waals surface area contributed by atoms with Crippen LogP contribution >= 0.6 is 11.3 Å². The van der Waals surface area contributed by atoms with Crippen molar-refractivity contribution in [3.63, 3.8) is 0 Å². The lowest BCUT2D eigenvalue weighted by Crippen LogP contribution is -2.29. The number of aryl methyl sites for hydroxylation is 2. The van der Waals surface area contributed by atoms with Gasteiger partial charge in [-0.1, -0.05) is 13.3 Å². The summed E-state index contributed by atoms with van der Waals surface area (Å²) in [4.78, 5) is 25.3. The van der Waals surface area contributed by atoms with E-state index in [4.69, 9.17) is 4.74 Å². The van der Waals surface area contributed by atoms with Gasteiger partial charge in [-0.15, -0.1) is 11.3 Å². The lowest BCUT2D eigenvalue weighted by molar-refractivity contribution is -0.124. The van der Waals surface area contributed by atoms with E-state index in [0.29, 0.717) is 11.4 Å². The molecule has 0 atom stereocenters. The van der Waals surface area contributed by atoms with Crippen molar-refractivity contribution in [3.05, 3.63) is 21.4 Å². The van der Waals surface area contributed by atoms with Crippen LogP contribution < -0.4 is 5.32 Å². The maximum Gasteiger partial charge on any atom is 0.348 e. The molecular weight excluding hydrogens is 274 g/mol. The van der Waals surface area contributed by atoms with Crippen molar-refractivity contribution < 1.29 is 14.3 Å². The maximum absolute atomic E-state index is 11.9. The first-order valence-electron chi connectivity index (χ1n) is 7.26. The number of thiophene rings is 1. The van der Waals surface area contributed by atoms with Crippen molar-refractivity contribution in [1.29, 1.82) is 0 Å². The van der Waals surface area contributed by atoms with E-state index in [-0.39, 0.29) is 18.5 Å². The number of rotatable bonds is 5. The summed E-state index contributed by atoms with van der Waals surface area (Å²) in [6, 6.07) is 1.94. The molecule has 1 aliphatic rings. The molecule has 0 saturated carbocycles. The third-order valence-electron chi connectivity index (χ3n) is 3.35. The largest absolute Gasteiger partial charge is 0.451 e. The normalized spacial score (nSPS) is 14.2.